The molecule has 33 heavy (non-hydrogen) atoms. The highest BCUT2D eigenvalue weighted by molar-refractivity contribution is 8.00. The van der Waals surface area contributed by atoms with Crippen molar-refractivity contribution in [1.29, 1.82) is 0 Å². The predicted octanol–water partition coefficient (Wildman–Crippen LogP) is 4.50. The van der Waals surface area contributed by atoms with Crippen molar-refractivity contribution in [3.05, 3.63) is 53.9 Å². The normalized spacial score (nSPS) is 41.7. The lowest BCUT2D eigenvalue weighted by atomic mass is 9.46. The van der Waals surface area contributed by atoms with Crippen LogP contribution in [0.3, 0.4) is 0 Å². The summed E-state index contributed by atoms with van der Waals surface area (Å²) in [5.74, 6) is -0.402. The first kappa shape index (κ1) is 23.0. The fourth-order valence-electron chi connectivity index (χ4n) is 7.61. The molecular weight excluding hydrogens is 439 g/mol. The molecule has 176 valence electrons. The van der Waals surface area contributed by atoms with Crippen molar-refractivity contribution in [2.45, 2.75) is 62.6 Å². The summed E-state index contributed by atoms with van der Waals surface area (Å²) in [7, 11) is 0. The Bertz CT molecular complexity index is 1070. The molecule has 6 heteroatoms. The van der Waals surface area contributed by atoms with E-state index in [2.05, 4.69) is 6.92 Å². The highest BCUT2D eigenvalue weighted by Crippen LogP contribution is 2.67. The number of thioether (sulfide) groups is 1. The van der Waals surface area contributed by atoms with Crippen LogP contribution in [0.5, 0.6) is 0 Å². The zero-order chi connectivity index (χ0) is 23.6. The number of carbonyl (C=O) groups excluding carboxylic acids is 2. The summed E-state index contributed by atoms with van der Waals surface area (Å²) in [4.78, 5) is 25.7. The fraction of sp³-hybridized carbons (Fsp3) is 0.556. The lowest BCUT2D eigenvalue weighted by Gasteiger charge is -2.59. The number of allylic oxidation sites excluding steroid dienone is 4. The molecule has 1 aromatic carbocycles. The zero-order valence-electron chi connectivity index (χ0n) is 19.1. The number of ketones is 2. The Kier molecular flexibility index (Phi) is 5.50. The quantitative estimate of drug-likeness (QED) is 0.634. The number of fused-ring (bicyclic) bond motifs is 5. The van der Waals surface area contributed by atoms with E-state index in [1.165, 1.54) is 6.07 Å². The molecule has 4 aliphatic rings. The van der Waals surface area contributed by atoms with Gasteiger partial charge in [-0.2, -0.15) is 0 Å². The van der Waals surface area contributed by atoms with E-state index in [0.717, 1.165) is 36.6 Å². The molecule has 4 nitrogen and oxygen atoms in total. The van der Waals surface area contributed by atoms with Crippen molar-refractivity contribution in [2.75, 3.05) is 5.75 Å². The van der Waals surface area contributed by atoms with Crippen LogP contribution in [0.1, 0.15) is 46.0 Å². The Morgan fingerprint density at radius 1 is 1.24 bits per heavy atom. The number of carbonyl (C=O) groups is 2. The van der Waals surface area contributed by atoms with Crippen molar-refractivity contribution in [2.24, 2.45) is 28.6 Å². The van der Waals surface area contributed by atoms with Gasteiger partial charge in [-0.05, 0) is 68.2 Å². The first-order valence-electron chi connectivity index (χ1n) is 11.9. The van der Waals surface area contributed by atoms with Crippen molar-refractivity contribution in [3.63, 3.8) is 0 Å². The molecule has 0 heterocycles. The van der Waals surface area contributed by atoms with Crippen LogP contribution in [-0.2, 0) is 9.59 Å². The molecular formula is C27H31FO4S. The summed E-state index contributed by atoms with van der Waals surface area (Å²) in [6.07, 6.45) is 7.71. The van der Waals surface area contributed by atoms with Crippen molar-refractivity contribution in [1.82, 2.24) is 0 Å². The summed E-state index contributed by atoms with van der Waals surface area (Å²) in [5.41, 5.74) is -1.54. The molecule has 0 bridgehead atoms. The van der Waals surface area contributed by atoms with Crippen LogP contribution in [0.25, 0.3) is 0 Å². The molecule has 0 radical (unpaired) electrons. The van der Waals surface area contributed by atoms with Gasteiger partial charge in [-0.3, -0.25) is 9.59 Å². The van der Waals surface area contributed by atoms with Gasteiger partial charge in [0.1, 0.15) is 11.4 Å². The lowest BCUT2D eigenvalue weighted by Crippen LogP contribution is -2.61. The van der Waals surface area contributed by atoms with Gasteiger partial charge in [0.05, 0.1) is 11.9 Å². The Labute approximate surface area is 198 Å². The molecule has 4 aliphatic carbocycles. The summed E-state index contributed by atoms with van der Waals surface area (Å²) in [6, 6.07) is 6.35. The lowest BCUT2D eigenvalue weighted by molar-refractivity contribution is -0.174. The largest absolute Gasteiger partial charge is 0.393 e. The minimum Gasteiger partial charge on any atom is -0.393 e. The van der Waals surface area contributed by atoms with Crippen molar-refractivity contribution in [3.8, 4) is 0 Å². The van der Waals surface area contributed by atoms with Gasteiger partial charge in [0.2, 0.25) is 0 Å². The molecule has 5 rings (SSSR count). The van der Waals surface area contributed by atoms with E-state index in [-0.39, 0.29) is 46.3 Å². The average molecular weight is 471 g/mol. The first-order valence-corrected chi connectivity index (χ1v) is 12.8. The van der Waals surface area contributed by atoms with Gasteiger partial charge in [-0.25, -0.2) is 4.39 Å². The van der Waals surface area contributed by atoms with Crippen LogP contribution in [-0.4, -0.2) is 39.2 Å². The molecule has 2 N–H and O–H groups in total. The Hall–Kier alpha value is -1.76. The maximum absolute atomic E-state index is 14.0. The maximum atomic E-state index is 14.0. The monoisotopic (exact) mass is 470 g/mol. The van der Waals surface area contributed by atoms with Gasteiger partial charge < -0.3 is 10.2 Å². The van der Waals surface area contributed by atoms with Gasteiger partial charge in [0.15, 0.2) is 11.6 Å². The number of aliphatic hydroxyl groups excluding tert-OH is 1. The van der Waals surface area contributed by atoms with E-state index >= 15 is 0 Å². The third-order valence-corrected chi connectivity index (χ3v) is 10.4. The van der Waals surface area contributed by atoms with Crippen LogP contribution >= 0.6 is 11.8 Å². The van der Waals surface area contributed by atoms with Crippen molar-refractivity contribution >= 4 is 23.3 Å². The van der Waals surface area contributed by atoms with E-state index < -0.39 is 17.1 Å². The number of hydrogen-bond donors (Lipinski definition) is 2. The molecule has 3 saturated carbocycles. The summed E-state index contributed by atoms with van der Waals surface area (Å²) in [5, 5.41) is 23.2. The third kappa shape index (κ3) is 3.32. The summed E-state index contributed by atoms with van der Waals surface area (Å²) >= 11 is 1.12. The molecule has 7 atom stereocenters. The van der Waals surface area contributed by atoms with Crippen LogP contribution in [0.15, 0.2) is 53.0 Å². The van der Waals surface area contributed by atoms with E-state index in [4.69, 9.17) is 0 Å². The first-order chi connectivity index (χ1) is 15.6. The number of hydrogen-bond acceptors (Lipinski definition) is 5. The standard InChI is InChI=1S/C27H31FO4S/c1-25-11-9-17(29)13-16(25)7-8-18-19-10-12-27(32,26(19,2)14-21(30)24(18)25)23(31)15-33-22-6-4-3-5-20(22)28/h3-6,9,11,13,18-19,21,24,30,32H,7-8,10,12,14-15H2,1-2H3/t18?,19?,21?,24?,25?,26?,27-/m0/s1. The molecule has 1 aromatic rings. The summed E-state index contributed by atoms with van der Waals surface area (Å²) in [6.45, 7) is 4.07. The van der Waals surface area contributed by atoms with Crippen LogP contribution in [0.2, 0.25) is 0 Å². The molecule has 0 aliphatic heterocycles. The molecule has 0 spiro atoms. The van der Waals surface area contributed by atoms with Gasteiger partial charge in [-0.15, -0.1) is 11.8 Å². The van der Waals surface area contributed by atoms with E-state index in [0.29, 0.717) is 17.7 Å². The fourth-order valence-corrected chi connectivity index (χ4v) is 8.52. The van der Waals surface area contributed by atoms with Crippen LogP contribution < -0.4 is 0 Å². The SMILES string of the molecule is CC12C=CC(=O)C=C1CCC1C2C(O)CC2(C)C1CC[C@]2(O)C(=O)CSc1ccccc1F. The molecule has 0 amide bonds. The molecule has 3 fully saturated rings. The minimum atomic E-state index is -1.53. The Morgan fingerprint density at radius 2 is 2.00 bits per heavy atom. The maximum Gasteiger partial charge on any atom is 0.178 e. The minimum absolute atomic E-state index is 0.000611. The highest BCUT2D eigenvalue weighted by Gasteiger charge is 2.67. The van der Waals surface area contributed by atoms with E-state index in [1.807, 2.05) is 13.0 Å². The molecule has 6 unspecified atom stereocenters. The van der Waals surface area contributed by atoms with Crippen LogP contribution in [0.4, 0.5) is 4.39 Å². The number of Topliss-reactive ketones (excluding diaryl/α,β-unsaturated/α-hetero) is 1. The van der Waals surface area contributed by atoms with Gasteiger partial charge >= 0.3 is 0 Å². The second-order valence-electron chi connectivity index (χ2n) is 10.8. The zero-order valence-corrected chi connectivity index (χ0v) is 19.9. The summed E-state index contributed by atoms with van der Waals surface area (Å²) < 4.78 is 14.0. The topological polar surface area (TPSA) is 74.6 Å². The van der Waals surface area contributed by atoms with E-state index in [1.54, 1.807) is 30.4 Å². The smallest absolute Gasteiger partial charge is 0.178 e. The number of halogens is 1. The van der Waals surface area contributed by atoms with E-state index in [9.17, 15) is 24.2 Å². The second kappa shape index (κ2) is 7.89. The van der Waals surface area contributed by atoms with Crippen molar-refractivity contribution < 1.29 is 24.2 Å². The molecule has 0 aromatic heterocycles. The van der Waals surface area contributed by atoms with Gasteiger partial charge in [0, 0.05) is 21.6 Å². The number of aliphatic hydroxyl groups is 2. The number of benzene rings is 1. The Balaban J connectivity index is 1.41. The van der Waals surface area contributed by atoms with Gasteiger partial charge in [0.25, 0.3) is 0 Å². The second-order valence-corrected chi connectivity index (χ2v) is 11.8. The number of rotatable bonds is 4. The Morgan fingerprint density at radius 3 is 2.76 bits per heavy atom. The van der Waals surface area contributed by atoms with Crippen LogP contribution in [0, 0.1) is 34.4 Å². The molecule has 0 saturated heterocycles. The predicted molar refractivity (Wildman–Crippen MR) is 125 cm³/mol. The average Bonchev–Trinajstić information content (AvgIpc) is 3.04. The highest BCUT2D eigenvalue weighted by atomic mass is 32.2. The third-order valence-electron chi connectivity index (χ3n) is 9.30. The van der Waals surface area contributed by atoms with Gasteiger partial charge in [-0.1, -0.05) is 37.6 Å².